The molecule has 0 aliphatic carbocycles. The second kappa shape index (κ2) is 7.23. The third-order valence-electron chi connectivity index (χ3n) is 3.62. The van der Waals surface area contributed by atoms with Gasteiger partial charge in [0.2, 0.25) is 0 Å². The van der Waals surface area contributed by atoms with Crippen molar-refractivity contribution >= 4 is 5.82 Å². The van der Waals surface area contributed by atoms with E-state index in [1.54, 1.807) is 0 Å². The normalized spacial score (nSPS) is 13.6. The molecule has 0 aliphatic rings. The molecule has 0 radical (unpaired) electrons. The van der Waals surface area contributed by atoms with Crippen molar-refractivity contribution in [2.45, 2.75) is 52.7 Å². The highest BCUT2D eigenvalue weighted by atomic mass is 16.3. The van der Waals surface area contributed by atoms with Crippen LogP contribution in [0.4, 0.5) is 5.82 Å². The highest BCUT2D eigenvalue weighted by molar-refractivity contribution is 5.44. The summed E-state index contributed by atoms with van der Waals surface area (Å²) in [6, 6.07) is 4.39. The Labute approximate surface area is 129 Å². The number of hydrogen-bond acceptors (Lipinski definition) is 4. The van der Waals surface area contributed by atoms with Crippen LogP contribution in [0.5, 0.6) is 0 Å². The van der Waals surface area contributed by atoms with Crippen LogP contribution >= 0.6 is 0 Å². The zero-order valence-electron chi connectivity index (χ0n) is 14.6. The van der Waals surface area contributed by atoms with Gasteiger partial charge in [-0.3, -0.25) is 0 Å². The summed E-state index contributed by atoms with van der Waals surface area (Å²) >= 11 is 0. The molecule has 0 spiro atoms. The highest BCUT2D eigenvalue weighted by Crippen LogP contribution is 2.26. The second-order valence-corrected chi connectivity index (χ2v) is 7.02. The first-order valence-electron chi connectivity index (χ1n) is 7.72. The minimum absolute atomic E-state index is 0.0237. The number of likely N-dealkylation sites (N-methyl/N-ethyl adjacent to an activating group) is 2. The van der Waals surface area contributed by atoms with E-state index in [1.165, 1.54) is 0 Å². The Morgan fingerprint density at radius 2 is 1.86 bits per heavy atom. The Hall–Kier alpha value is -1.13. The Morgan fingerprint density at radius 3 is 2.29 bits per heavy atom. The molecule has 120 valence electrons. The van der Waals surface area contributed by atoms with Gasteiger partial charge in [-0.15, -0.1) is 0 Å². The molecule has 1 N–H and O–H groups in total. The van der Waals surface area contributed by atoms with Crippen molar-refractivity contribution in [1.29, 1.82) is 0 Å². The number of aliphatic hydroxyl groups is 1. The van der Waals surface area contributed by atoms with Crippen LogP contribution in [0.3, 0.4) is 0 Å². The summed E-state index contributed by atoms with van der Waals surface area (Å²) in [6.07, 6.45) is 0. The first-order chi connectivity index (χ1) is 9.68. The maximum atomic E-state index is 9.54. The predicted octanol–water partition coefficient (Wildman–Crippen LogP) is 2.65. The minimum atomic E-state index is -0.0237. The van der Waals surface area contributed by atoms with Crippen LogP contribution in [-0.2, 0) is 12.0 Å². The van der Waals surface area contributed by atoms with Crippen LogP contribution in [0.2, 0.25) is 0 Å². The number of anilines is 1. The lowest BCUT2D eigenvalue weighted by Gasteiger charge is -2.32. The van der Waals surface area contributed by atoms with E-state index >= 15 is 0 Å². The largest absolute Gasteiger partial charge is 0.392 e. The summed E-state index contributed by atoms with van der Waals surface area (Å²) in [6.45, 7) is 12.8. The highest BCUT2D eigenvalue weighted by Gasteiger charge is 2.21. The van der Waals surface area contributed by atoms with Gasteiger partial charge >= 0.3 is 0 Å². The van der Waals surface area contributed by atoms with Crippen LogP contribution < -0.4 is 4.90 Å². The molecule has 0 saturated heterocycles. The number of aliphatic hydroxyl groups excluding tert-OH is 1. The summed E-state index contributed by atoms with van der Waals surface area (Å²) in [4.78, 5) is 9.34. The van der Waals surface area contributed by atoms with E-state index in [2.05, 4.69) is 58.5 Å². The zero-order chi connectivity index (χ0) is 16.2. The van der Waals surface area contributed by atoms with Crippen LogP contribution in [-0.4, -0.2) is 48.2 Å². The topological polar surface area (TPSA) is 39.6 Å². The van der Waals surface area contributed by atoms with Gasteiger partial charge in [0, 0.05) is 30.2 Å². The number of nitrogens with zero attached hydrogens (tertiary/aromatic N) is 3. The molecule has 1 aromatic heterocycles. The lowest BCUT2D eigenvalue weighted by Crippen LogP contribution is -2.40. The Kier molecular flexibility index (Phi) is 6.17. The fourth-order valence-electron chi connectivity index (χ4n) is 2.52. The molecule has 4 heteroatoms. The number of rotatable bonds is 6. The van der Waals surface area contributed by atoms with E-state index in [-0.39, 0.29) is 12.0 Å². The molecule has 1 aromatic rings. The Balaban J connectivity index is 3.19. The summed E-state index contributed by atoms with van der Waals surface area (Å²) in [5.41, 5.74) is 1.93. The van der Waals surface area contributed by atoms with E-state index in [9.17, 15) is 5.11 Å². The van der Waals surface area contributed by atoms with E-state index in [1.807, 2.05) is 12.1 Å². The molecule has 0 bridgehead atoms. The fourth-order valence-corrected chi connectivity index (χ4v) is 2.52. The molecule has 1 unspecified atom stereocenters. The molecule has 1 heterocycles. The van der Waals surface area contributed by atoms with Gasteiger partial charge in [0.15, 0.2) is 0 Å². The van der Waals surface area contributed by atoms with Gasteiger partial charge < -0.3 is 14.9 Å². The number of pyridine rings is 1. The lowest BCUT2D eigenvalue weighted by molar-refractivity contribution is 0.281. The van der Waals surface area contributed by atoms with Crippen LogP contribution in [0.1, 0.15) is 45.9 Å². The van der Waals surface area contributed by atoms with Crippen LogP contribution in [0.15, 0.2) is 12.1 Å². The molecular formula is C17H31N3O. The number of hydrogen-bond donors (Lipinski definition) is 1. The first kappa shape index (κ1) is 17.9. The third kappa shape index (κ3) is 4.97. The van der Waals surface area contributed by atoms with Crippen molar-refractivity contribution in [2.24, 2.45) is 0 Å². The predicted molar refractivity (Wildman–Crippen MR) is 89.9 cm³/mol. The van der Waals surface area contributed by atoms with Gasteiger partial charge in [-0.2, -0.15) is 0 Å². The maximum absolute atomic E-state index is 9.54. The Bertz CT molecular complexity index is 452. The maximum Gasteiger partial charge on any atom is 0.129 e. The molecule has 0 fully saturated rings. The zero-order valence-corrected chi connectivity index (χ0v) is 14.6. The first-order valence-corrected chi connectivity index (χ1v) is 7.72. The molecule has 4 nitrogen and oxygen atoms in total. The van der Waals surface area contributed by atoms with Crippen molar-refractivity contribution in [2.75, 3.05) is 32.1 Å². The van der Waals surface area contributed by atoms with Crippen LogP contribution in [0, 0.1) is 0 Å². The lowest BCUT2D eigenvalue weighted by atomic mass is 9.90. The minimum Gasteiger partial charge on any atom is -0.392 e. The molecule has 0 amide bonds. The van der Waals surface area contributed by atoms with Crippen molar-refractivity contribution < 1.29 is 5.11 Å². The van der Waals surface area contributed by atoms with Gasteiger partial charge in [0.25, 0.3) is 0 Å². The average Bonchev–Trinajstić information content (AvgIpc) is 2.37. The summed E-state index contributed by atoms with van der Waals surface area (Å²) < 4.78 is 0. The van der Waals surface area contributed by atoms with Gasteiger partial charge in [-0.25, -0.2) is 4.98 Å². The van der Waals surface area contributed by atoms with E-state index in [0.717, 1.165) is 30.2 Å². The van der Waals surface area contributed by atoms with E-state index in [0.29, 0.717) is 6.04 Å². The SMILES string of the molecule is CCN(c1cc(CO)cc(C(C)(C)C)n1)C(C)CN(C)C. The second-order valence-electron chi connectivity index (χ2n) is 7.02. The Morgan fingerprint density at radius 1 is 1.24 bits per heavy atom. The monoisotopic (exact) mass is 293 g/mol. The molecule has 0 aromatic carbocycles. The average molecular weight is 293 g/mol. The summed E-state index contributed by atoms with van der Waals surface area (Å²) in [7, 11) is 4.17. The molecule has 1 rings (SSSR count). The van der Waals surface area contributed by atoms with E-state index in [4.69, 9.17) is 4.98 Å². The van der Waals surface area contributed by atoms with Crippen molar-refractivity contribution in [3.05, 3.63) is 23.4 Å². The molecular weight excluding hydrogens is 262 g/mol. The smallest absolute Gasteiger partial charge is 0.129 e. The van der Waals surface area contributed by atoms with Crippen molar-refractivity contribution in [1.82, 2.24) is 9.88 Å². The van der Waals surface area contributed by atoms with Gasteiger partial charge in [-0.05, 0) is 45.6 Å². The number of aromatic nitrogens is 1. The standard InChI is InChI=1S/C17H31N3O/c1-8-20(13(2)11-19(6)7)16-10-14(12-21)9-15(18-16)17(3,4)5/h9-10,13,21H,8,11-12H2,1-7H3. The molecule has 1 atom stereocenters. The quantitative estimate of drug-likeness (QED) is 0.875. The summed E-state index contributed by atoms with van der Waals surface area (Å²) in [5.74, 6) is 0.961. The third-order valence-corrected chi connectivity index (χ3v) is 3.62. The van der Waals surface area contributed by atoms with Crippen molar-refractivity contribution in [3.63, 3.8) is 0 Å². The molecule has 0 saturated carbocycles. The van der Waals surface area contributed by atoms with Gasteiger partial charge in [-0.1, -0.05) is 20.8 Å². The van der Waals surface area contributed by atoms with Gasteiger partial charge in [0.1, 0.15) is 5.82 Å². The van der Waals surface area contributed by atoms with Crippen LogP contribution in [0.25, 0.3) is 0 Å². The fraction of sp³-hybridized carbons (Fsp3) is 0.706. The van der Waals surface area contributed by atoms with Crippen molar-refractivity contribution in [3.8, 4) is 0 Å². The molecule has 0 aliphatic heterocycles. The van der Waals surface area contributed by atoms with E-state index < -0.39 is 0 Å². The molecule has 21 heavy (non-hydrogen) atoms. The summed E-state index contributed by atoms with van der Waals surface area (Å²) in [5, 5.41) is 9.54. The van der Waals surface area contributed by atoms with Gasteiger partial charge in [0.05, 0.1) is 6.61 Å².